The van der Waals surface area contributed by atoms with Gasteiger partial charge < -0.3 is 30.2 Å². The van der Waals surface area contributed by atoms with Gasteiger partial charge in [-0.25, -0.2) is 4.79 Å². The largest absolute Gasteiger partial charge is 0.505 e. The molecule has 0 aliphatic rings. The van der Waals surface area contributed by atoms with E-state index in [-0.39, 0.29) is 18.7 Å². The molecule has 0 saturated carbocycles. The van der Waals surface area contributed by atoms with E-state index in [9.17, 15) is 24.6 Å². The van der Waals surface area contributed by atoms with E-state index in [1.807, 2.05) is 19.1 Å². The highest BCUT2D eigenvalue weighted by Crippen LogP contribution is 2.21. The molecule has 33 heavy (non-hydrogen) atoms. The summed E-state index contributed by atoms with van der Waals surface area (Å²) in [6, 6.07) is 13.9. The minimum atomic E-state index is -1.09. The molecule has 0 bridgehead atoms. The smallest absolute Gasteiger partial charge is 0.319 e. The molecule has 9 heteroatoms. The van der Waals surface area contributed by atoms with E-state index in [1.54, 1.807) is 43.5 Å². The molecule has 3 aromatic rings. The Hall–Kier alpha value is -4.27. The Kier molecular flexibility index (Phi) is 7.34. The summed E-state index contributed by atoms with van der Waals surface area (Å²) in [6.07, 6.45) is 1.07. The van der Waals surface area contributed by atoms with E-state index in [0.717, 1.165) is 11.1 Å². The monoisotopic (exact) mass is 451 g/mol. The number of pyridine rings is 1. The maximum atomic E-state index is 12.9. The first-order chi connectivity index (χ1) is 15.8. The topological polar surface area (TPSA) is 130 Å². The molecule has 2 aromatic carbocycles. The first-order valence-corrected chi connectivity index (χ1v) is 10.2. The molecule has 2 amide bonds. The number of aliphatic carboxylic acids is 1. The second-order valence-electron chi connectivity index (χ2n) is 7.52. The maximum absolute atomic E-state index is 12.9. The van der Waals surface area contributed by atoms with Crippen molar-refractivity contribution in [2.75, 3.05) is 12.4 Å². The number of aromatic nitrogens is 1. The number of methoxy groups -OCH3 is 1. The summed E-state index contributed by atoms with van der Waals surface area (Å²) in [7, 11) is 1.56. The number of benzene rings is 2. The first kappa shape index (κ1) is 23.4. The van der Waals surface area contributed by atoms with Crippen LogP contribution in [-0.4, -0.2) is 33.9 Å². The molecule has 9 nitrogen and oxygen atoms in total. The molecule has 0 radical (unpaired) electrons. The first-order valence-electron chi connectivity index (χ1n) is 10.2. The van der Waals surface area contributed by atoms with Crippen molar-refractivity contribution in [1.29, 1.82) is 0 Å². The van der Waals surface area contributed by atoms with Crippen LogP contribution in [-0.2, 0) is 11.3 Å². The second-order valence-corrected chi connectivity index (χ2v) is 7.52. The zero-order valence-corrected chi connectivity index (χ0v) is 18.2. The predicted molar refractivity (Wildman–Crippen MR) is 123 cm³/mol. The predicted octanol–water partition coefficient (Wildman–Crippen LogP) is 3.26. The maximum Gasteiger partial charge on any atom is 0.319 e. The number of carbonyl (C=O) groups is 2. The minimum absolute atomic E-state index is 0.213. The Labute approximate surface area is 190 Å². The molecule has 3 rings (SSSR count). The van der Waals surface area contributed by atoms with Gasteiger partial charge in [0.15, 0.2) is 5.69 Å². The van der Waals surface area contributed by atoms with Gasteiger partial charge in [0.25, 0.3) is 5.56 Å². The number of carboxylic acid groups (broad SMARTS) is 1. The lowest BCUT2D eigenvalue weighted by Crippen LogP contribution is -2.36. The highest BCUT2D eigenvalue weighted by atomic mass is 16.5. The van der Waals surface area contributed by atoms with E-state index >= 15 is 0 Å². The molecular formula is C24H25N3O6. The van der Waals surface area contributed by atoms with Crippen LogP contribution in [0.1, 0.15) is 29.2 Å². The number of urea groups is 1. The summed E-state index contributed by atoms with van der Waals surface area (Å²) >= 11 is 0. The minimum Gasteiger partial charge on any atom is -0.505 e. The second kappa shape index (κ2) is 10.4. The number of aryl methyl sites for hydroxylation is 1. The Morgan fingerprint density at radius 1 is 1.06 bits per heavy atom. The van der Waals surface area contributed by atoms with Crippen molar-refractivity contribution in [1.82, 2.24) is 9.88 Å². The third-order valence-corrected chi connectivity index (χ3v) is 5.06. The van der Waals surface area contributed by atoms with Crippen molar-refractivity contribution in [3.63, 3.8) is 0 Å². The van der Waals surface area contributed by atoms with Crippen LogP contribution in [0.5, 0.6) is 11.5 Å². The van der Waals surface area contributed by atoms with Gasteiger partial charge in [-0.2, -0.15) is 0 Å². The number of nitrogens with zero attached hydrogens (tertiary/aromatic N) is 1. The Balaban J connectivity index is 1.78. The van der Waals surface area contributed by atoms with Crippen LogP contribution in [0.4, 0.5) is 10.5 Å². The lowest BCUT2D eigenvalue weighted by atomic mass is 10.0. The SMILES string of the molecule is COc1ccc(Cn2ccc(O)c(NC(=O)N[C@@H](CC(=O)O)c3ccc(C)cc3)c2=O)cc1. The molecule has 4 N–H and O–H groups in total. The molecule has 0 saturated heterocycles. The fraction of sp³-hybridized carbons (Fsp3) is 0.208. The van der Waals surface area contributed by atoms with Crippen molar-refractivity contribution in [2.24, 2.45) is 0 Å². The number of carboxylic acids is 1. The number of hydrogen-bond donors (Lipinski definition) is 4. The number of aromatic hydroxyl groups is 1. The summed E-state index contributed by atoms with van der Waals surface area (Å²) in [5, 5.41) is 24.3. The van der Waals surface area contributed by atoms with Crippen molar-refractivity contribution in [2.45, 2.75) is 25.9 Å². The molecule has 1 atom stereocenters. The molecular weight excluding hydrogens is 426 g/mol. The average molecular weight is 451 g/mol. The van der Waals surface area contributed by atoms with Gasteiger partial charge in [-0.3, -0.25) is 9.59 Å². The van der Waals surface area contributed by atoms with Gasteiger partial charge in [0.1, 0.15) is 11.5 Å². The van der Waals surface area contributed by atoms with E-state index in [4.69, 9.17) is 4.74 Å². The molecule has 0 fully saturated rings. The third-order valence-electron chi connectivity index (χ3n) is 5.06. The normalized spacial score (nSPS) is 11.5. The van der Waals surface area contributed by atoms with Gasteiger partial charge in [0.05, 0.1) is 26.1 Å². The number of anilines is 1. The zero-order chi connectivity index (χ0) is 24.0. The van der Waals surface area contributed by atoms with Gasteiger partial charge in [-0.1, -0.05) is 42.0 Å². The van der Waals surface area contributed by atoms with Crippen molar-refractivity contribution < 1.29 is 24.5 Å². The highest BCUT2D eigenvalue weighted by Gasteiger charge is 2.20. The highest BCUT2D eigenvalue weighted by molar-refractivity contribution is 5.91. The number of hydrogen-bond acceptors (Lipinski definition) is 5. The Morgan fingerprint density at radius 3 is 2.33 bits per heavy atom. The lowest BCUT2D eigenvalue weighted by molar-refractivity contribution is -0.137. The van der Waals surface area contributed by atoms with Crippen LogP contribution < -0.4 is 20.9 Å². The van der Waals surface area contributed by atoms with Crippen molar-refractivity contribution in [3.8, 4) is 11.5 Å². The van der Waals surface area contributed by atoms with Crippen LogP contribution in [0.3, 0.4) is 0 Å². The van der Waals surface area contributed by atoms with Gasteiger partial charge in [0, 0.05) is 6.20 Å². The fourth-order valence-corrected chi connectivity index (χ4v) is 3.27. The van der Waals surface area contributed by atoms with E-state index in [2.05, 4.69) is 10.6 Å². The molecule has 0 aliphatic carbocycles. The number of nitrogens with one attached hydrogen (secondary N) is 2. The number of rotatable bonds is 8. The molecule has 0 aliphatic heterocycles. The van der Waals surface area contributed by atoms with Crippen LogP contribution in [0.25, 0.3) is 0 Å². The summed E-state index contributed by atoms with van der Waals surface area (Å²) < 4.78 is 6.46. The number of ether oxygens (including phenoxy) is 1. The standard InChI is InChI=1S/C24H25N3O6/c1-15-3-7-17(8-4-15)19(13-21(29)30)25-24(32)26-22-20(28)11-12-27(23(22)31)14-16-5-9-18(33-2)10-6-16/h3-12,19,28H,13-14H2,1-2H3,(H,29,30)(H2,25,26,32)/t19-/m0/s1. The number of amides is 2. The van der Waals surface area contributed by atoms with Crippen molar-refractivity contribution in [3.05, 3.63) is 87.8 Å². The van der Waals surface area contributed by atoms with Crippen LogP contribution in [0.15, 0.2) is 65.6 Å². The summed E-state index contributed by atoms with van der Waals surface area (Å²) in [5.41, 5.74) is 1.50. The van der Waals surface area contributed by atoms with Gasteiger partial charge in [-0.15, -0.1) is 0 Å². The average Bonchev–Trinajstić information content (AvgIpc) is 2.79. The van der Waals surface area contributed by atoms with E-state index < -0.39 is 29.4 Å². The third kappa shape index (κ3) is 6.13. The van der Waals surface area contributed by atoms with E-state index in [1.165, 1.54) is 16.8 Å². The molecule has 0 spiro atoms. The van der Waals surface area contributed by atoms with E-state index in [0.29, 0.717) is 11.3 Å². The molecule has 172 valence electrons. The Bertz CT molecular complexity index is 1190. The lowest BCUT2D eigenvalue weighted by Gasteiger charge is -2.18. The van der Waals surface area contributed by atoms with Crippen LogP contribution >= 0.6 is 0 Å². The zero-order valence-electron chi connectivity index (χ0n) is 18.2. The van der Waals surface area contributed by atoms with Gasteiger partial charge in [0.2, 0.25) is 0 Å². The Morgan fingerprint density at radius 2 is 1.73 bits per heavy atom. The van der Waals surface area contributed by atoms with Crippen molar-refractivity contribution >= 4 is 17.7 Å². The molecule has 0 unspecified atom stereocenters. The quantitative estimate of drug-likeness (QED) is 0.416. The molecule has 1 heterocycles. The van der Waals surface area contributed by atoms with Crippen LogP contribution in [0.2, 0.25) is 0 Å². The van der Waals surface area contributed by atoms with Crippen LogP contribution in [0, 0.1) is 6.92 Å². The fourth-order valence-electron chi connectivity index (χ4n) is 3.27. The summed E-state index contributed by atoms with van der Waals surface area (Å²) in [6.45, 7) is 2.11. The summed E-state index contributed by atoms with van der Waals surface area (Å²) in [5.74, 6) is -0.808. The molecule has 1 aromatic heterocycles. The summed E-state index contributed by atoms with van der Waals surface area (Å²) in [4.78, 5) is 36.7. The number of carbonyl (C=O) groups excluding carboxylic acids is 1. The van der Waals surface area contributed by atoms with Gasteiger partial charge in [-0.05, 0) is 36.2 Å². The van der Waals surface area contributed by atoms with Gasteiger partial charge >= 0.3 is 12.0 Å².